The number of hydrogen-bond acceptors (Lipinski definition) is 4. The van der Waals surface area contributed by atoms with Crippen LogP contribution in [0.15, 0.2) is 27.4 Å². The Balaban J connectivity index is 1.87. The Kier molecular flexibility index (Phi) is 3.16. The zero-order chi connectivity index (χ0) is 13.4. The first-order valence-electron chi connectivity index (χ1n) is 6.71. The summed E-state index contributed by atoms with van der Waals surface area (Å²) in [5.74, 6) is 0.319. The Morgan fingerprint density at radius 1 is 1.58 bits per heavy atom. The molecule has 3 rings (SSSR count). The summed E-state index contributed by atoms with van der Waals surface area (Å²) >= 11 is 0. The molecule has 2 aromatic rings. The largest absolute Gasteiger partial charge is 0.419 e. The third kappa shape index (κ3) is 2.31. The smallest absolute Gasteiger partial charge is 0.408 e. The van der Waals surface area contributed by atoms with Crippen molar-refractivity contribution in [3.05, 3.63) is 34.3 Å². The Morgan fingerprint density at radius 2 is 2.42 bits per heavy atom. The van der Waals surface area contributed by atoms with Gasteiger partial charge in [0.1, 0.15) is 0 Å². The van der Waals surface area contributed by atoms with Crippen LogP contribution in [0.3, 0.4) is 0 Å². The lowest BCUT2D eigenvalue weighted by molar-refractivity contribution is 0.473. The molecule has 0 radical (unpaired) electrons. The van der Waals surface area contributed by atoms with E-state index in [1.54, 1.807) is 7.05 Å². The predicted octanol–water partition coefficient (Wildman–Crippen LogP) is 1.13. The molecular formula is C14H19N3O2. The molecule has 1 fully saturated rings. The monoisotopic (exact) mass is 261 g/mol. The molecule has 0 spiro atoms. The van der Waals surface area contributed by atoms with Gasteiger partial charge in [0.05, 0.1) is 5.52 Å². The number of benzene rings is 1. The molecule has 2 atom stereocenters. The van der Waals surface area contributed by atoms with Gasteiger partial charge in [0.2, 0.25) is 0 Å². The first kappa shape index (κ1) is 12.4. The molecule has 0 aliphatic carbocycles. The van der Waals surface area contributed by atoms with Crippen molar-refractivity contribution < 1.29 is 4.42 Å². The van der Waals surface area contributed by atoms with E-state index in [-0.39, 0.29) is 11.8 Å². The normalized spacial score (nSPS) is 21.1. The molecule has 5 nitrogen and oxygen atoms in total. The number of hydrogen-bond donors (Lipinski definition) is 2. The SMILES string of the molecule is Cn1c(=O)oc2ccc(C(N)CC3CCNC3)cc21. The third-order valence-corrected chi connectivity index (χ3v) is 3.99. The molecule has 1 aromatic carbocycles. The minimum Gasteiger partial charge on any atom is -0.408 e. The second kappa shape index (κ2) is 4.83. The number of oxazole rings is 1. The lowest BCUT2D eigenvalue weighted by Gasteiger charge is -2.16. The number of aryl methyl sites for hydroxylation is 1. The minimum absolute atomic E-state index is 0.0132. The summed E-state index contributed by atoms with van der Waals surface area (Å²) < 4.78 is 6.64. The highest BCUT2D eigenvalue weighted by atomic mass is 16.4. The van der Waals surface area contributed by atoms with Crippen LogP contribution in [-0.2, 0) is 7.05 Å². The average molecular weight is 261 g/mol. The molecule has 102 valence electrons. The Morgan fingerprint density at radius 3 is 3.16 bits per heavy atom. The lowest BCUT2D eigenvalue weighted by atomic mass is 9.94. The molecule has 1 aromatic heterocycles. The maximum absolute atomic E-state index is 11.5. The van der Waals surface area contributed by atoms with Gasteiger partial charge in [-0.3, -0.25) is 4.57 Å². The first-order chi connectivity index (χ1) is 9.15. The van der Waals surface area contributed by atoms with Gasteiger partial charge in [0, 0.05) is 13.1 Å². The summed E-state index contributed by atoms with van der Waals surface area (Å²) in [7, 11) is 1.71. The summed E-state index contributed by atoms with van der Waals surface area (Å²) in [6.07, 6.45) is 2.17. The Bertz CT molecular complexity index is 638. The van der Waals surface area contributed by atoms with Gasteiger partial charge in [-0.1, -0.05) is 6.07 Å². The molecule has 0 amide bonds. The van der Waals surface area contributed by atoms with Gasteiger partial charge in [-0.25, -0.2) is 4.79 Å². The van der Waals surface area contributed by atoms with Crippen LogP contribution < -0.4 is 16.8 Å². The summed E-state index contributed by atoms with van der Waals surface area (Å²) in [4.78, 5) is 11.5. The van der Waals surface area contributed by atoms with E-state index in [2.05, 4.69) is 5.32 Å². The van der Waals surface area contributed by atoms with Crippen LogP contribution in [0.4, 0.5) is 0 Å². The fourth-order valence-electron chi connectivity index (χ4n) is 2.79. The van der Waals surface area contributed by atoms with Crippen LogP contribution in [0.1, 0.15) is 24.4 Å². The molecule has 0 saturated carbocycles. The van der Waals surface area contributed by atoms with Crippen molar-refractivity contribution >= 4 is 11.1 Å². The van der Waals surface area contributed by atoms with E-state index in [4.69, 9.17) is 10.2 Å². The van der Waals surface area contributed by atoms with Crippen LogP contribution in [0.5, 0.6) is 0 Å². The lowest BCUT2D eigenvalue weighted by Crippen LogP contribution is -2.17. The van der Waals surface area contributed by atoms with Gasteiger partial charge in [0.15, 0.2) is 5.58 Å². The molecule has 5 heteroatoms. The number of rotatable bonds is 3. The summed E-state index contributed by atoms with van der Waals surface area (Å²) in [6.45, 7) is 2.15. The molecule has 3 N–H and O–H groups in total. The number of fused-ring (bicyclic) bond motifs is 1. The van der Waals surface area contributed by atoms with Crippen molar-refractivity contribution in [1.82, 2.24) is 9.88 Å². The van der Waals surface area contributed by atoms with Gasteiger partial charge in [0.25, 0.3) is 0 Å². The molecular weight excluding hydrogens is 242 g/mol. The first-order valence-corrected chi connectivity index (χ1v) is 6.71. The van der Waals surface area contributed by atoms with Crippen molar-refractivity contribution in [2.45, 2.75) is 18.9 Å². The van der Waals surface area contributed by atoms with Gasteiger partial charge >= 0.3 is 5.76 Å². The summed E-state index contributed by atoms with van der Waals surface area (Å²) in [5.41, 5.74) is 8.77. The summed E-state index contributed by atoms with van der Waals surface area (Å²) in [6, 6.07) is 5.77. The third-order valence-electron chi connectivity index (χ3n) is 3.99. The highest BCUT2D eigenvalue weighted by Crippen LogP contribution is 2.25. The maximum Gasteiger partial charge on any atom is 0.419 e. The quantitative estimate of drug-likeness (QED) is 0.868. The average Bonchev–Trinajstić information content (AvgIpc) is 2.99. The van der Waals surface area contributed by atoms with Crippen LogP contribution in [-0.4, -0.2) is 17.7 Å². The number of nitrogens with two attached hydrogens (primary N) is 1. The topological polar surface area (TPSA) is 73.2 Å². The van der Waals surface area contributed by atoms with Crippen LogP contribution >= 0.6 is 0 Å². The van der Waals surface area contributed by atoms with Crippen LogP contribution in [0.2, 0.25) is 0 Å². The molecule has 2 heterocycles. The van der Waals surface area contributed by atoms with Gasteiger partial charge in [-0.15, -0.1) is 0 Å². The van der Waals surface area contributed by atoms with E-state index in [1.807, 2.05) is 18.2 Å². The molecule has 2 unspecified atom stereocenters. The molecule has 1 aliphatic rings. The second-order valence-electron chi connectivity index (χ2n) is 5.36. The Hall–Kier alpha value is -1.59. The van der Waals surface area contributed by atoms with Crippen molar-refractivity contribution in [2.75, 3.05) is 13.1 Å². The number of nitrogens with zero attached hydrogens (tertiary/aromatic N) is 1. The van der Waals surface area contributed by atoms with Crippen molar-refractivity contribution in [2.24, 2.45) is 18.7 Å². The molecule has 0 bridgehead atoms. The van der Waals surface area contributed by atoms with Gasteiger partial charge in [-0.2, -0.15) is 0 Å². The highest BCUT2D eigenvalue weighted by molar-refractivity contribution is 5.73. The van der Waals surface area contributed by atoms with E-state index >= 15 is 0 Å². The Labute approximate surface area is 111 Å². The van der Waals surface area contributed by atoms with Crippen molar-refractivity contribution in [3.8, 4) is 0 Å². The molecule has 19 heavy (non-hydrogen) atoms. The van der Waals surface area contributed by atoms with Gasteiger partial charge in [-0.05, 0) is 49.5 Å². The zero-order valence-electron chi connectivity index (χ0n) is 11.1. The summed E-state index contributed by atoms with van der Waals surface area (Å²) in [5, 5.41) is 3.36. The maximum atomic E-state index is 11.5. The van der Waals surface area contributed by atoms with E-state index < -0.39 is 0 Å². The van der Waals surface area contributed by atoms with E-state index in [0.29, 0.717) is 11.5 Å². The predicted molar refractivity (Wildman–Crippen MR) is 74.0 cm³/mol. The standard InChI is InChI=1S/C14H19N3O2/c1-17-12-7-10(2-3-13(12)19-14(17)18)11(15)6-9-4-5-16-8-9/h2-3,7,9,11,16H,4-6,8,15H2,1H3. The van der Waals surface area contributed by atoms with Gasteiger partial charge < -0.3 is 15.5 Å². The van der Waals surface area contributed by atoms with Crippen LogP contribution in [0.25, 0.3) is 11.1 Å². The van der Waals surface area contributed by atoms with Crippen molar-refractivity contribution in [3.63, 3.8) is 0 Å². The van der Waals surface area contributed by atoms with E-state index in [9.17, 15) is 4.79 Å². The fraction of sp³-hybridized carbons (Fsp3) is 0.500. The minimum atomic E-state index is -0.333. The van der Waals surface area contributed by atoms with Crippen molar-refractivity contribution in [1.29, 1.82) is 0 Å². The highest BCUT2D eigenvalue weighted by Gasteiger charge is 2.19. The second-order valence-corrected chi connectivity index (χ2v) is 5.36. The molecule has 1 saturated heterocycles. The molecule has 1 aliphatic heterocycles. The zero-order valence-corrected chi connectivity index (χ0v) is 11.1. The van der Waals surface area contributed by atoms with E-state index in [0.717, 1.165) is 30.6 Å². The number of aromatic nitrogens is 1. The number of nitrogens with one attached hydrogen (secondary N) is 1. The van der Waals surface area contributed by atoms with Crippen LogP contribution in [0, 0.1) is 5.92 Å². The fourth-order valence-corrected chi connectivity index (χ4v) is 2.79. The van der Waals surface area contributed by atoms with E-state index in [1.165, 1.54) is 11.0 Å².